The molecule has 208 valence electrons. The fraction of sp³-hybridized carbons (Fsp3) is 0.600. The third-order valence-corrected chi connectivity index (χ3v) is 7.98. The summed E-state index contributed by atoms with van der Waals surface area (Å²) >= 11 is 0. The van der Waals surface area contributed by atoms with E-state index in [-0.39, 0.29) is 17.4 Å². The molecule has 5 nitrogen and oxygen atoms in total. The van der Waals surface area contributed by atoms with Gasteiger partial charge in [0.15, 0.2) is 0 Å². The number of anilines is 2. The predicted octanol–water partition coefficient (Wildman–Crippen LogP) is 6.89. The largest absolute Gasteiger partial charge is 0.433 e. The minimum Gasteiger partial charge on any atom is -0.382 e. The molecule has 0 unspecified atom stereocenters. The van der Waals surface area contributed by atoms with Crippen LogP contribution in [0.15, 0.2) is 42.6 Å². The maximum Gasteiger partial charge on any atom is 0.433 e. The van der Waals surface area contributed by atoms with Crippen molar-refractivity contribution in [3.8, 4) is 0 Å². The van der Waals surface area contributed by atoms with Crippen LogP contribution in [0.25, 0.3) is 0 Å². The quantitative estimate of drug-likeness (QED) is 0.424. The van der Waals surface area contributed by atoms with E-state index in [4.69, 9.17) is 0 Å². The van der Waals surface area contributed by atoms with Crippen molar-refractivity contribution in [3.05, 3.63) is 53.9 Å². The van der Waals surface area contributed by atoms with Crippen molar-refractivity contribution in [1.29, 1.82) is 0 Å². The van der Waals surface area contributed by atoms with Gasteiger partial charge >= 0.3 is 6.18 Å². The van der Waals surface area contributed by atoms with E-state index >= 15 is 0 Å². The zero-order valence-corrected chi connectivity index (χ0v) is 22.9. The zero-order chi connectivity index (χ0) is 27.3. The normalized spacial score (nSPS) is 18.1. The third kappa shape index (κ3) is 7.64. The third-order valence-electron chi connectivity index (χ3n) is 7.98. The summed E-state index contributed by atoms with van der Waals surface area (Å²) in [6.07, 6.45) is 3.08. The first-order chi connectivity index (χ1) is 18.0. The average Bonchev–Trinajstić information content (AvgIpc) is 2.89. The van der Waals surface area contributed by atoms with Gasteiger partial charge in [-0.3, -0.25) is 9.78 Å². The number of piperidine rings is 2. The molecule has 1 aromatic carbocycles. The Morgan fingerprint density at radius 3 is 2.24 bits per heavy atom. The Hall–Kier alpha value is -2.77. The number of likely N-dealkylation sites (tertiary alicyclic amines) is 1. The molecule has 8 heteroatoms. The van der Waals surface area contributed by atoms with E-state index < -0.39 is 11.9 Å². The molecule has 2 aliphatic rings. The van der Waals surface area contributed by atoms with Crippen molar-refractivity contribution in [2.75, 3.05) is 36.4 Å². The lowest BCUT2D eigenvalue weighted by atomic mass is 9.87. The van der Waals surface area contributed by atoms with E-state index in [0.29, 0.717) is 31.1 Å². The molecule has 0 saturated carbocycles. The van der Waals surface area contributed by atoms with Gasteiger partial charge in [0.25, 0.3) is 0 Å². The number of alkyl halides is 3. The van der Waals surface area contributed by atoms with Crippen LogP contribution in [-0.2, 0) is 16.4 Å². The van der Waals surface area contributed by atoms with Gasteiger partial charge in [0, 0.05) is 56.2 Å². The number of benzene rings is 1. The first kappa shape index (κ1) is 28.2. The van der Waals surface area contributed by atoms with Gasteiger partial charge in [-0.1, -0.05) is 32.9 Å². The van der Waals surface area contributed by atoms with Crippen LogP contribution in [0.2, 0.25) is 0 Å². The van der Waals surface area contributed by atoms with E-state index in [9.17, 15) is 18.0 Å². The zero-order valence-electron chi connectivity index (χ0n) is 22.9. The molecule has 1 N–H and O–H groups in total. The summed E-state index contributed by atoms with van der Waals surface area (Å²) in [5.74, 6) is 0.868. The van der Waals surface area contributed by atoms with Crippen LogP contribution in [0.1, 0.15) is 77.0 Å². The summed E-state index contributed by atoms with van der Waals surface area (Å²) < 4.78 is 38.7. The van der Waals surface area contributed by atoms with Crippen LogP contribution in [0.5, 0.6) is 0 Å². The summed E-state index contributed by atoms with van der Waals surface area (Å²) in [6.45, 7) is 10.1. The molecule has 0 spiro atoms. The number of rotatable bonds is 7. The molecule has 1 aromatic heterocycles. The second-order valence-corrected chi connectivity index (χ2v) is 11.8. The molecule has 0 atom stereocenters. The van der Waals surface area contributed by atoms with Crippen molar-refractivity contribution in [2.45, 2.75) is 83.4 Å². The van der Waals surface area contributed by atoms with E-state index in [1.165, 1.54) is 17.4 Å². The molecular formula is C30H41F3N4O. The summed E-state index contributed by atoms with van der Waals surface area (Å²) in [4.78, 5) is 20.6. The molecule has 2 saturated heterocycles. The smallest absolute Gasteiger partial charge is 0.382 e. The highest BCUT2D eigenvalue weighted by molar-refractivity contribution is 5.76. The minimum absolute atomic E-state index is 0.0531. The van der Waals surface area contributed by atoms with Crippen molar-refractivity contribution < 1.29 is 18.0 Å². The van der Waals surface area contributed by atoms with Gasteiger partial charge in [-0.2, -0.15) is 13.2 Å². The van der Waals surface area contributed by atoms with Gasteiger partial charge in [-0.15, -0.1) is 0 Å². The number of hydrogen-bond acceptors (Lipinski definition) is 4. The highest BCUT2D eigenvalue weighted by Gasteiger charge is 2.33. The molecule has 0 radical (unpaired) electrons. The SMILES string of the molecule is CC(C)(C)c1ccc(N2CCC(CCCC(=O)N3CCC(Nc4ccnc(C(F)(F)F)c4)CC3)CC2)cc1. The number of aromatic nitrogens is 1. The van der Waals surface area contributed by atoms with Crippen LogP contribution >= 0.6 is 0 Å². The molecule has 1 amide bonds. The number of carbonyl (C=O) groups excluding carboxylic acids is 1. The summed E-state index contributed by atoms with van der Waals surface area (Å²) in [5, 5.41) is 3.18. The summed E-state index contributed by atoms with van der Waals surface area (Å²) in [6, 6.07) is 11.6. The Bertz CT molecular complexity index is 1050. The fourth-order valence-electron chi connectivity index (χ4n) is 5.54. The van der Waals surface area contributed by atoms with Gasteiger partial charge < -0.3 is 15.1 Å². The highest BCUT2D eigenvalue weighted by Crippen LogP contribution is 2.31. The maximum atomic E-state index is 12.9. The topological polar surface area (TPSA) is 48.5 Å². The van der Waals surface area contributed by atoms with Gasteiger partial charge in [0.1, 0.15) is 5.69 Å². The molecule has 2 fully saturated rings. The van der Waals surface area contributed by atoms with Crippen molar-refractivity contribution in [3.63, 3.8) is 0 Å². The van der Waals surface area contributed by atoms with Crippen LogP contribution in [0, 0.1) is 5.92 Å². The fourth-order valence-corrected chi connectivity index (χ4v) is 5.54. The lowest BCUT2D eigenvalue weighted by Crippen LogP contribution is -2.42. The van der Waals surface area contributed by atoms with Gasteiger partial charge in [0.05, 0.1) is 0 Å². The van der Waals surface area contributed by atoms with E-state index in [1.807, 2.05) is 4.90 Å². The van der Waals surface area contributed by atoms with Crippen molar-refractivity contribution in [1.82, 2.24) is 9.88 Å². The van der Waals surface area contributed by atoms with Gasteiger partial charge in [-0.05, 0) is 79.7 Å². The monoisotopic (exact) mass is 530 g/mol. The van der Waals surface area contributed by atoms with E-state index in [0.717, 1.165) is 57.7 Å². The number of hydrogen-bond donors (Lipinski definition) is 1. The van der Waals surface area contributed by atoms with Crippen molar-refractivity contribution >= 4 is 17.3 Å². The Kier molecular flexibility index (Phi) is 8.89. The minimum atomic E-state index is -4.46. The van der Waals surface area contributed by atoms with Gasteiger partial charge in [-0.25, -0.2) is 0 Å². The van der Waals surface area contributed by atoms with Crippen LogP contribution in [-0.4, -0.2) is 48.0 Å². The summed E-state index contributed by atoms with van der Waals surface area (Å²) in [5.41, 5.74) is 2.35. The lowest BCUT2D eigenvalue weighted by molar-refractivity contribution is -0.141. The maximum absolute atomic E-state index is 12.9. The summed E-state index contributed by atoms with van der Waals surface area (Å²) in [7, 11) is 0. The number of pyridine rings is 1. The molecule has 0 aliphatic carbocycles. The van der Waals surface area contributed by atoms with E-state index in [1.54, 1.807) is 6.07 Å². The Morgan fingerprint density at radius 1 is 0.974 bits per heavy atom. The molecular weight excluding hydrogens is 489 g/mol. The Balaban J connectivity index is 1.13. The van der Waals surface area contributed by atoms with Crippen LogP contribution in [0.3, 0.4) is 0 Å². The second-order valence-electron chi connectivity index (χ2n) is 11.8. The number of amides is 1. The molecule has 0 bridgehead atoms. The number of halogens is 3. The number of nitrogens with one attached hydrogen (secondary N) is 1. The molecule has 2 aliphatic heterocycles. The highest BCUT2D eigenvalue weighted by atomic mass is 19.4. The van der Waals surface area contributed by atoms with E-state index in [2.05, 4.69) is 60.2 Å². The first-order valence-electron chi connectivity index (χ1n) is 13.9. The number of carbonyl (C=O) groups is 1. The standard InChI is InChI=1S/C30H41F3N4O/c1-29(2,3)23-7-9-26(10-8-23)36-17-12-22(13-18-36)5-4-6-28(38)37-19-14-24(15-20-37)35-25-11-16-34-27(21-25)30(31,32)33/h7-11,16,21-22,24H,4-6,12-15,17-20H2,1-3H3,(H,34,35). The van der Waals surface area contributed by atoms with Crippen LogP contribution < -0.4 is 10.2 Å². The predicted molar refractivity (Wildman–Crippen MR) is 146 cm³/mol. The second kappa shape index (κ2) is 12.0. The Labute approximate surface area is 224 Å². The number of nitrogens with zero attached hydrogens (tertiary/aromatic N) is 3. The lowest BCUT2D eigenvalue weighted by Gasteiger charge is -2.34. The van der Waals surface area contributed by atoms with Gasteiger partial charge in [0.2, 0.25) is 5.91 Å². The molecule has 3 heterocycles. The molecule has 2 aromatic rings. The first-order valence-corrected chi connectivity index (χ1v) is 13.9. The molecule has 4 rings (SSSR count). The average molecular weight is 531 g/mol. The van der Waals surface area contributed by atoms with Crippen LogP contribution in [0.4, 0.5) is 24.5 Å². The Morgan fingerprint density at radius 2 is 1.63 bits per heavy atom. The molecule has 38 heavy (non-hydrogen) atoms. The van der Waals surface area contributed by atoms with Crippen molar-refractivity contribution in [2.24, 2.45) is 5.92 Å².